The lowest BCUT2D eigenvalue weighted by atomic mass is 10.6. The van der Waals surface area contributed by atoms with Gasteiger partial charge in [0.15, 0.2) is 0 Å². The van der Waals surface area contributed by atoms with Gasteiger partial charge in [-0.15, -0.1) is 0 Å². The number of alkyl halides is 3. The van der Waals surface area contributed by atoms with Gasteiger partial charge in [-0.05, 0) is 6.54 Å². The minimum Gasteiger partial charge on any atom is -0.378 e. The van der Waals surface area contributed by atoms with E-state index in [1.165, 1.54) is 0 Å². The lowest BCUT2D eigenvalue weighted by molar-refractivity contribution is -0.176. The molecular formula is C8H16F3NO2. The number of hydrogen-bond donors (Lipinski definition) is 1. The second kappa shape index (κ2) is 8.02. The van der Waals surface area contributed by atoms with Crippen LogP contribution in [-0.4, -0.2) is 45.7 Å². The molecule has 0 saturated carbocycles. The van der Waals surface area contributed by atoms with E-state index < -0.39 is 12.8 Å². The van der Waals surface area contributed by atoms with Crippen LogP contribution in [0.1, 0.15) is 6.92 Å². The Morgan fingerprint density at radius 3 is 2.29 bits per heavy atom. The Balaban J connectivity index is 2.99. The number of rotatable bonds is 8. The molecule has 0 bridgehead atoms. The van der Waals surface area contributed by atoms with Crippen LogP contribution in [0.15, 0.2) is 0 Å². The summed E-state index contributed by atoms with van der Waals surface area (Å²) in [5.41, 5.74) is 0. The lowest BCUT2D eigenvalue weighted by Crippen LogP contribution is -2.21. The second-order valence-corrected chi connectivity index (χ2v) is 2.63. The first-order chi connectivity index (χ1) is 6.56. The summed E-state index contributed by atoms with van der Waals surface area (Å²) in [6.07, 6.45) is -4.25. The van der Waals surface area contributed by atoms with E-state index in [1.807, 2.05) is 6.92 Å². The molecule has 0 aromatic heterocycles. The highest BCUT2D eigenvalue weighted by atomic mass is 19.4. The van der Waals surface area contributed by atoms with Crippen molar-refractivity contribution in [2.75, 3.05) is 39.5 Å². The first-order valence-electron chi connectivity index (χ1n) is 4.49. The summed E-state index contributed by atoms with van der Waals surface area (Å²) in [7, 11) is 0. The zero-order chi connectivity index (χ0) is 10.9. The summed E-state index contributed by atoms with van der Waals surface area (Å²) in [6, 6.07) is 0. The number of likely N-dealkylation sites (N-methyl/N-ethyl adjacent to an activating group) is 1. The van der Waals surface area contributed by atoms with Crippen LogP contribution in [0.25, 0.3) is 0 Å². The topological polar surface area (TPSA) is 30.5 Å². The molecule has 86 valence electrons. The fraction of sp³-hybridized carbons (Fsp3) is 1.00. The third kappa shape index (κ3) is 11.7. The highest BCUT2D eigenvalue weighted by molar-refractivity contribution is 4.45. The van der Waals surface area contributed by atoms with Gasteiger partial charge in [-0.2, -0.15) is 13.2 Å². The zero-order valence-electron chi connectivity index (χ0n) is 8.19. The Kier molecular flexibility index (Phi) is 7.83. The Hall–Kier alpha value is -0.330. The Bertz CT molecular complexity index is 130. The first kappa shape index (κ1) is 13.7. The van der Waals surface area contributed by atoms with Crippen molar-refractivity contribution in [2.24, 2.45) is 0 Å². The molecule has 0 aliphatic carbocycles. The average molecular weight is 215 g/mol. The van der Waals surface area contributed by atoms with Crippen molar-refractivity contribution >= 4 is 0 Å². The van der Waals surface area contributed by atoms with Crippen molar-refractivity contribution < 1.29 is 22.6 Å². The Labute approximate surface area is 81.6 Å². The van der Waals surface area contributed by atoms with Crippen LogP contribution in [0.5, 0.6) is 0 Å². The van der Waals surface area contributed by atoms with Crippen molar-refractivity contribution in [1.29, 1.82) is 0 Å². The highest BCUT2D eigenvalue weighted by Gasteiger charge is 2.27. The second-order valence-electron chi connectivity index (χ2n) is 2.63. The summed E-state index contributed by atoms with van der Waals surface area (Å²) in [6.45, 7) is 2.98. The maximum absolute atomic E-state index is 11.6. The highest BCUT2D eigenvalue weighted by Crippen LogP contribution is 2.13. The van der Waals surface area contributed by atoms with Crippen molar-refractivity contribution in [3.05, 3.63) is 0 Å². The molecule has 3 nitrogen and oxygen atoms in total. The van der Waals surface area contributed by atoms with Gasteiger partial charge in [0.2, 0.25) is 0 Å². The van der Waals surface area contributed by atoms with Crippen molar-refractivity contribution in [3.8, 4) is 0 Å². The van der Waals surface area contributed by atoms with Gasteiger partial charge >= 0.3 is 6.18 Å². The molecule has 0 rings (SSSR count). The number of ether oxygens (including phenoxy) is 2. The third-order valence-electron chi connectivity index (χ3n) is 1.31. The van der Waals surface area contributed by atoms with Gasteiger partial charge < -0.3 is 14.8 Å². The molecule has 0 fully saturated rings. The Morgan fingerprint density at radius 2 is 1.71 bits per heavy atom. The van der Waals surface area contributed by atoms with E-state index in [2.05, 4.69) is 10.1 Å². The molecule has 1 N–H and O–H groups in total. The molecule has 0 saturated heterocycles. The zero-order valence-corrected chi connectivity index (χ0v) is 8.19. The van der Waals surface area contributed by atoms with Gasteiger partial charge in [-0.3, -0.25) is 0 Å². The van der Waals surface area contributed by atoms with Crippen LogP contribution in [0.2, 0.25) is 0 Å². The number of halogens is 3. The quantitative estimate of drug-likeness (QED) is 0.617. The third-order valence-corrected chi connectivity index (χ3v) is 1.31. The first-order valence-corrected chi connectivity index (χ1v) is 4.49. The molecule has 14 heavy (non-hydrogen) atoms. The van der Waals surface area contributed by atoms with Crippen LogP contribution in [0.4, 0.5) is 13.2 Å². The van der Waals surface area contributed by atoms with Crippen molar-refractivity contribution in [2.45, 2.75) is 13.1 Å². The molecule has 0 amide bonds. The van der Waals surface area contributed by atoms with E-state index in [0.29, 0.717) is 13.2 Å². The van der Waals surface area contributed by atoms with E-state index in [4.69, 9.17) is 4.74 Å². The normalized spacial score (nSPS) is 12.0. The molecule has 0 atom stereocenters. The largest absolute Gasteiger partial charge is 0.411 e. The summed E-state index contributed by atoms with van der Waals surface area (Å²) in [5.74, 6) is 0. The summed E-state index contributed by atoms with van der Waals surface area (Å²) in [5, 5.41) is 3.02. The van der Waals surface area contributed by atoms with Crippen LogP contribution in [0.3, 0.4) is 0 Å². The van der Waals surface area contributed by atoms with E-state index >= 15 is 0 Å². The van der Waals surface area contributed by atoms with Crippen molar-refractivity contribution in [3.63, 3.8) is 0 Å². The van der Waals surface area contributed by atoms with Gasteiger partial charge in [-0.25, -0.2) is 0 Å². The minimum atomic E-state index is -4.25. The predicted octanol–water partition coefficient (Wildman–Crippen LogP) is 1.19. The van der Waals surface area contributed by atoms with Gasteiger partial charge in [0.25, 0.3) is 0 Å². The molecule has 0 spiro atoms. The molecule has 0 heterocycles. The molecule has 6 heteroatoms. The lowest BCUT2D eigenvalue weighted by Gasteiger charge is -2.08. The smallest absolute Gasteiger partial charge is 0.378 e. The predicted molar refractivity (Wildman–Crippen MR) is 46.2 cm³/mol. The Morgan fingerprint density at radius 1 is 1.07 bits per heavy atom. The van der Waals surface area contributed by atoms with Crippen molar-refractivity contribution in [1.82, 2.24) is 5.32 Å². The maximum atomic E-state index is 11.6. The SMILES string of the molecule is CCNCCOCCOCC(F)(F)F. The van der Waals surface area contributed by atoms with Crippen LogP contribution < -0.4 is 5.32 Å². The van der Waals surface area contributed by atoms with Gasteiger partial charge in [0, 0.05) is 6.54 Å². The van der Waals surface area contributed by atoms with E-state index in [1.54, 1.807) is 0 Å². The molecule has 0 unspecified atom stereocenters. The maximum Gasteiger partial charge on any atom is 0.411 e. The van der Waals surface area contributed by atoms with Crippen LogP contribution >= 0.6 is 0 Å². The fourth-order valence-corrected chi connectivity index (χ4v) is 0.729. The summed E-state index contributed by atoms with van der Waals surface area (Å²) < 4.78 is 44.0. The van der Waals surface area contributed by atoms with Gasteiger partial charge in [0.05, 0.1) is 19.8 Å². The number of nitrogens with one attached hydrogen (secondary N) is 1. The standard InChI is InChI=1S/C8H16F3NO2/c1-2-12-3-4-13-5-6-14-7-8(9,10)11/h12H,2-7H2,1H3. The molecule has 0 aromatic carbocycles. The molecular weight excluding hydrogens is 199 g/mol. The molecule has 0 aromatic rings. The average Bonchev–Trinajstić information content (AvgIpc) is 2.08. The van der Waals surface area contributed by atoms with E-state index in [0.717, 1.165) is 6.54 Å². The van der Waals surface area contributed by atoms with Crippen LogP contribution in [0, 0.1) is 0 Å². The van der Waals surface area contributed by atoms with E-state index in [-0.39, 0.29) is 13.2 Å². The molecule has 0 radical (unpaired) electrons. The van der Waals surface area contributed by atoms with Gasteiger partial charge in [-0.1, -0.05) is 6.92 Å². The van der Waals surface area contributed by atoms with Crippen LogP contribution in [-0.2, 0) is 9.47 Å². The number of hydrogen-bond acceptors (Lipinski definition) is 3. The van der Waals surface area contributed by atoms with Gasteiger partial charge in [0.1, 0.15) is 6.61 Å². The fourth-order valence-electron chi connectivity index (χ4n) is 0.729. The minimum absolute atomic E-state index is 0.0222. The monoisotopic (exact) mass is 215 g/mol. The summed E-state index contributed by atoms with van der Waals surface area (Å²) >= 11 is 0. The van der Waals surface area contributed by atoms with E-state index in [9.17, 15) is 13.2 Å². The molecule has 0 aliphatic heterocycles. The molecule has 0 aliphatic rings. The summed E-state index contributed by atoms with van der Waals surface area (Å²) in [4.78, 5) is 0.